The van der Waals surface area contributed by atoms with Gasteiger partial charge in [0.1, 0.15) is 0 Å². The van der Waals surface area contributed by atoms with Crippen LogP contribution in [-0.2, 0) is 9.59 Å². The molecular formula is C10H14F4N2O2. The highest BCUT2D eigenvalue weighted by Crippen LogP contribution is 2.25. The molecule has 104 valence electrons. The predicted octanol–water partition coefficient (Wildman–Crippen LogP) is 0.968. The molecule has 1 aliphatic rings. The molecule has 1 fully saturated rings. The van der Waals surface area contributed by atoms with Gasteiger partial charge in [-0.3, -0.25) is 9.59 Å². The molecule has 8 heteroatoms. The molecule has 0 saturated carbocycles. The fourth-order valence-corrected chi connectivity index (χ4v) is 1.69. The van der Waals surface area contributed by atoms with Crippen molar-refractivity contribution in [2.75, 3.05) is 26.7 Å². The number of halogens is 4. The van der Waals surface area contributed by atoms with Crippen LogP contribution in [0.15, 0.2) is 0 Å². The SMILES string of the molecule is CN(CC(=O)N1CCCC1)C(=O)C(F)(F)C(F)F. The van der Waals surface area contributed by atoms with Crippen LogP contribution < -0.4 is 0 Å². The van der Waals surface area contributed by atoms with E-state index in [0.717, 1.165) is 19.9 Å². The summed E-state index contributed by atoms with van der Waals surface area (Å²) in [6, 6.07) is 0. The van der Waals surface area contributed by atoms with Gasteiger partial charge in [0.05, 0.1) is 6.54 Å². The van der Waals surface area contributed by atoms with E-state index in [1.165, 1.54) is 4.90 Å². The molecule has 0 unspecified atom stereocenters. The second kappa shape index (κ2) is 5.53. The van der Waals surface area contributed by atoms with E-state index in [-0.39, 0.29) is 0 Å². The highest BCUT2D eigenvalue weighted by atomic mass is 19.3. The minimum absolute atomic E-state index is 0.340. The Morgan fingerprint density at radius 2 is 1.78 bits per heavy atom. The van der Waals surface area contributed by atoms with Crippen LogP contribution in [0.2, 0.25) is 0 Å². The van der Waals surface area contributed by atoms with Crippen molar-refractivity contribution in [3.05, 3.63) is 0 Å². The largest absolute Gasteiger partial charge is 0.383 e. The van der Waals surface area contributed by atoms with E-state index in [1.54, 1.807) is 0 Å². The predicted molar refractivity (Wildman–Crippen MR) is 54.4 cm³/mol. The standard InChI is InChI=1S/C10H14F4N2O2/c1-15(9(18)10(13,14)8(11)12)6-7(17)16-4-2-3-5-16/h8H,2-6H2,1H3. The van der Waals surface area contributed by atoms with Crippen molar-refractivity contribution in [3.63, 3.8) is 0 Å². The van der Waals surface area contributed by atoms with Crippen LogP contribution in [-0.4, -0.2) is 60.6 Å². The Morgan fingerprint density at radius 3 is 2.22 bits per heavy atom. The van der Waals surface area contributed by atoms with Gasteiger partial charge in [0.15, 0.2) is 0 Å². The van der Waals surface area contributed by atoms with Crippen molar-refractivity contribution >= 4 is 11.8 Å². The molecule has 2 amide bonds. The summed E-state index contributed by atoms with van der Waals surface area (Å²) in [5, 5.41) is 0. The smallest absolute Gasteiger partial charge is 0.341 e. The lowest BCUT2D eigenvalue weighted by Crippen LogP contribution is -2.49. The minimum Gasteiger partial charge on any atom is -0.341 e. The fraction of sp³-hybridized carbons (Fsp3) is 0.800. The molecule has 1 saturated heterocycles. The molecule has 0 radical (unpaired) electrons. The molecule has 18 heavy (non-hydrogen) atoms. The number of hydrogen-bond donors (Lipinski definition) is 0. The molecule has 1 heterocycles. The number of amides is 2. The van der Waals surface area contributed by atoms with Crippen LogP contribution in [0.1, 0.15) is 12.8 Å². The van der Waals surface area contributed by atoms with Crippen molar-refractivity contribution in [1.82, 2.24) is 9.80 Å². The Hall–Kier alpha value is -1.34. The lowest BCUT2D eigenvalue weighted by Gasteiger charge is -2.24. The minimum atomic E-state index is -4.75. The van der Waals surface area contributed by atoms with Crippen molar-refractivity contribution in [3.8, 4) is 0 Å². The first kappa shape index (κ1) is 14.7. The normalized spacial score (nSPS) is 16.2. The lowest BCUT2D eigenvalue weighted by molar-refractivity contribution is -0.180. The molecule has 0 aromatic carbocycles. The molecule has 1 rings (SSSR count). The third-order valence-corrected chi connectivity index (χ3v) is 2.74. The average Bonchev–Trinajstić information content (AvgIpc) is 2.80. The molecular weight excluding hydrogens is 256 g/mol. The van der Waals surface area contributed by atoms with E-state index >= 15 is 0 Å². The number of likely N-dealkylation sites (tertiary alicyclic amines) is 1. The number of alkyl halides is 4. The number of rotatable bonds is 4. The lowest BCUT2D eigenvalue weighted by atomic mass is 10.3. The maximum Gasteiger partial charge on any atom is 0.383 e. The first-order valence-electron chi connectivity index (χ1n) is 5.46. The molecule has 0 aromatic rings. The van der Waals surface area contributed by atoms with Crippen LogP contribution in [0, 0.1) is 0 Å². The molecule has 0 bridgehead atoms. The van der Waals surface area contributed by atoms with Gasteiger partial charge in [-0.2, -0.15) is 8.78 Å². The van der Waals surface area contributed by atoms with Crippen LogP contribution in [0.3, 0.4) is 0 Å². The van der Waals surface area contributed by atoms with E-state index < -0.39 is 30.7 Å². The molecule has 0 aromatic heterocycles. The van der Waals surface area contributed by atoms with Gasteiger partial charge in [0.2, 0.25) is 5.91 Å². The maximum atomic E-state index is 12.8. The van der Waals surface area contributed by atoms with E-state index in [2.05, 4.69) is 0 Å². The summed E-state index contributed by atoms with van der Waals surface area (Å²) in [4.78, 5) is 24.4. The quantitative estimate of drug-likeness (QED) is 0.714. The van der Waals surface area contributed by atoms with Gasteiger partial charge in [-0.25, -0.2) is 8.78 Å². The van der Waals surface area contributed by atoms with Gasteiger partial charge in [0, 0.05) is 20.1 Å². The first-order chi connectivity index (χ1) is 8.26. The number of carbonyl (C=O) groups is 2. The summed E-state index contributed by atoms with van der Waals surface area (Å²) >= 11 is 0. The number of nitrogens with zero attached hydrogens (tertiary/aromatic N) is 2. The topological polar surface area (TPSA) is 40.6 Å². The number of carbonyl (C=O) groups excluding carboxylic acids is 2. The van der Waals surface area contributed by atoms with Gasteiger partial charge in [-0.15, -0.1) is 0 Å². The molecule has 4 nitrogen and oxygen atoms in total. The molecule has 0 atom stereocenters. The zero-order valence-corrected chi connectivity index (χ0v) is 9.84. The zero-order chi connectivity index (χ0) is 13.9. The Labute approximate surface area is 102 Å². The Bertz CT molecular complexity index is 330. The van der Waals surface area contributed by atoms with Crippen LogP contribution in [0.4, 0.5) is 17.6 Å². The molecule has 0 spiro atoms. The first-order valence-corrected chi connectivity index (χ1v) is 5.46. The van der Waals surface area contributed by atoms with Gasteiger partial charge in [-0.05, 0) is 12.8 Å². The summed E-state index contributed by atoms with van der Waals surface area (Å²) in [5.74, 6) is -7.29. The van der Waals surface area contributed by atoms with Gasteiger partial charge < -0.3 is 9.80 Å². The van der Waals surface area contributed by atoms with Crippen LogP contribution in [0.5, 0.6) is 0 Å². The number of hydrogen-bond acceptors (Lipinski definition) is 2. The highest BCUT2D eigenvalue weighted by Gasteiger charge is 2.50. The Kier molecular flexibility index (Phi) is 4.53. The van der Waals surface area contributed by atoms with Crippen molar-refractivity contribution in [1.29, 1.82) is 0 Å². The van der Waals surface area contributed by atoms with Crippen molar-refractivity contribution in [2.45, 2.75) is 25.2 Å². The third kappa shape index (κ3) is 3.11. The summed E-state index contributed by atoms with van der Waals surface area (Å²) in [7, 11) is 0.909. The van der Waals surface area contributed by atoms with Gasteiger partial charge in [0.25, 0.3) is 5.91 Å². The Morgan fingerprint density at radius 1 is 1.28 bits per heavy atom. The summed E-state index contributed by atoms with van der Waals surface area (Å²) in [6.07, 6.45) is -2.44. The van der Waals surface area contributed by atoms with Crippen molar-refractivity contribution < 1.29 is 27.2 Å². The second-order valence-electron chi connectivity index (χ2n) is 4.17. The molecule has 0 aliphatic carbocycles. The summed E-state index contributed by atoms with van der Waals surface area (Å²) < 4.78 is 49.4. The van der Waals surface area contributed by atoms with E-state index in [4.69, 9.17) is 0 Å². The third-order valence-electron chi connectivity index (χ3n) is 2.74. The van der Waals surface area contributed by atoms with Gasteiger partial charge >= 0.3 is 12.3 Å². The second-order valence-corrected chi connectivity index (χ2v) is 4.17. The fourth-order valence-electron chi connectivity index (χ4n) is 1.69. The van der Waals surface area contributed by atoms with E-state index in [0.29, 0.717) is 18.0 Å². The molecule has 0 N–H and O–H groups in total. The summed E-state index contributed by atoms with van der Waals surface area (Å²) in [6.45, 7) is 0.402. The Balaban J connectivity index is 2.56. The van der Waals surface area contributed by atoms with Crippen LogP contribution >= 0.6 is 0 Å². The average molecular weight is 270 g/mol. The monoisotopic (exact) mass is 270 g/mol. The maximum absolute atomic E-state index is 12.8. The number of likely N-dealkylation sites (N-methyl/N-ethyl adjacent to an activating group) is 1. The molecule has 1 aliphatic heterocycles. The van der Waals surface area contributed by atoms with E-state index in [1.807, 2.05) is 0 Å². The zero-order valence-electron chi connectivity index (χ0n) is 9.84. The highest BCUT2D eigenvalue weighted by molar-refractivity contribution is 5.88. The summed E-state index contributed by atoms with van der Waals surface area (Å²) in [5.41, 5.74) is 0. The van der Waals surface area contributed by atoms with Gasteiger partial charge in [-0.1, -0.05) is 0 Å². The van der Waals surface area contributed by atoms with E-state index in [9.17, 15) is 27.2 Å². The van der Waals surface area contributed by atoms with Crippen LogP contribution in [0.25, 0.3) is 0 Å². The van der Waals surface area contributed by atoms with Crippen molar-refractivity contribution in [2.24, 2.45) is 0 Å².